The van der Waals surface area contributed by atoms with Gasteiger partial charge in [-0.1, -0.05) is 54.6 Å². The summed E-state index contributed by atoms with van der Waals surface area (Å²) in [5.74, 6) is 0.314. The van der Waals surface area contributed by atoms with Crippen molar-refractivity contribution in [3.05, 3.63) is 72.4 Å². The highest BCUT2D eigenvalue weighted by Gasteiger charge is 2.50. The van der Waals surface area contributed by atoms with E-state index in [0.29, 0.717) is 12.1 Å². The highest BCUT2D eigenvalue weighted by atomic mass is 19.1. The maximum Gasteiger partial charge on any atom is 0.408 e. The SMILES string of the molecule is CC(=O)N(C)C1CCC(CC(=O)Nc2cnc(-c3ccc(C4(OC(=O)NC(C)(C)C)CC(F)C4)cc3)c(-c3ccccc3)c2)CC1. The van der Waals surface area contributed by atoms with E-state index in [1.807, 2.05) is 93.4 Å². The van der Waals surface area contributed by atoms with Gasteiger partial charge in [0.1, 0.15) is 11.8 Å². The van der Waals surface area contributed by atoms with Crippen molar-refractivity contribution < 1.29 is 23.5 Å². The maximum absolute atomic E-state index is 14.1. The zero-order chi connectivity index (χ0) is 33.1. The molecule has 1 heterocycles. The summed E-state index contributed by atoms with van der Waals surface area (Å²) < 4.78 is 20.0. The molecule has 3 amide bonds. The molecule has 1 aromatic heterocycles. The third kappa shape index (κ3) is 7.92. The molecule has 0 atom stereocenters. The largest absolute Gasteiger partial charge is 0.438 e. The number of pyridine rings is 1. The highest BCUT2D eigenvalue weighted by molar-refractivity contribution is 5.93. The van der Waals surface area contributed by atoms with Crippen LogP contribution in [-0.4, -0.2) is 52.6 Å². The number of ether oxygens (including phenoxy) is 1. The number of rotatable bonds is 8. The Labute approximate surface area is 271 Å². The van der Waals surface area contributed by atoms with Gasteiger partial charge in [-0.15, -0.1) is 0 Å². The molecule has 2 fully saturated rings. The molecular weight excluding hydrogens is 583 g/mol. The van der Waals surface area contributed by atoms with Crippen LogP contribution in [0.25, 0.3) is 22.4 Å². The van der Waals surface area contributed by atoms with E-state index >= 15 is 0 Å². The highest BCUT2D eigenvalue weighted by Crippen LogP contribution is 2.47. The Balaban J connectivity index is 1.32. The average molecular weight is 629 g/mol. The molecule has 2 aliphatic rings. The van der Waals surface area contributed by atoms with Crippen LogP contribution in [0.2, 0.25) is 0 Å². The quantitative estimate of drug-likeness (QED) is 0.267. The Morgan fingerprint density at radius 3 is 2.22 bits per heavy atom. The normalized spacial score (nSPS) is 22.7. The summed E-state index contributed by atoms with van der Waals surface area (Å²) in [6, 6.07) is 19.7. The fourth-order valence-electron chi connectivity index (χ4n) is 6.54. The van der Waals surface area contributed by atoms with Crippen molar-refractivity contribution in [1.82, 2.24) is 15.2 Å². The van der Waals surface area contributed by atoms with Gasteiger partial charge in [0.25, 0.3) is 0 Å². The molecule has 2 aromatic carbocycles. The van der Waals surface area contributed by atoms with Crippen LogP contribution in [0.4, 0.5) is 14.9 Å². The van der Waals surface area contributed by atoms with Gasteiger partial charge in [-0.2, -0.15) is 0 Å². The molecule has 9 heteroatoms. The molecule has 0 bridgehead atoms. The van der Waals surface area contributed by atoms with Gasteiger partial charge in [0.2, 0.25) is 11.8 Å². The van der Waals surface area contributed by atoms with Crippen LogP contribution in [0.15, 0.2) is 66.9 Å². The molecule has 0 unspecified atom stereocenters. The lowest BCUT2D eigenvalue weighted by molar-refractivity contribution is -0.130. The molecule has 0 saturated heterocycles. The molecule has 8 nitrogen and oxygen atoms in total. The second-order valence-electron chi connectivity index (χ2n) is 13.9. The van der Waals surface area contributed by atoms with E-state index in [9.17, 15) is 18.8 Å². The number of aromatic nitrogens is 1. The summed E-state index contributed by atoms with van der Waals surface area (Å²) in [5, 5.41) is 5.86. The van der Waals surface area contributed by atoms with Gasteiger partial charge in [-0.25, -0.2) is 9.18 Å². The summed E-state index contributed by atoms with van der Waals surface area (Å²) >= 11 is 0. The van der Waals surface area contributed by atoms with Crippen LogP contribution in [0.5, 0.6) is 0 Å². The van der Waals surface area contributed by atoms with Crippen molar-refractivity contribution in [2.75, 3.05) is 12.4 Å². The Bertz CT molecular complexity index is 1540. The van der Waals surface area contributed by atoms with E-state index in [0.717, 1.165) is 53.6 Å². The van der Waals surface area contributed by atoms with Gasteiger partial charge >= 0.3 is 6.09 Å². The molecule has 5 rings (SSSR count). The van der Waals surface area contributed by atoms with Crippen molar-refractivity contribution >= 4 is 23.6 Å². The molecular formula is C37H45FN4O4. The molecule has 2 aliphatic carbocycles. The minimum absolute atomic E-state index is 0.0475. The molecule has 3 aromatic rings. The Kier molecular flexibility index (Phi) is 9.79. The third-order valence-corrected chi connectivity index (χ3v) is 9.14. The van der Waals surface area contributed by atoms with Gasteiger partial charge in [-0.3, -0.25) is 14.6 Å². The molecule has 2 saturated carbocycles. The predicted molar refractivity (Wildman–Crippen MR) is 178 cm³/mol. The minimum Gasteiger partial charge on any atom is -0.438 e. The van der Waals surface area contributed by atoms with Crippen molar-refractivity contribution in [1.29, 1.82) is 0 Å². The number of amides is 3. The molecule has 0 spiro atoms. The fraction of sp³-hybridized carbons (Fsp3) is 0.459. The summed E-state index contributed by atoms with van der Waals surface area (Å²) in [7, 11) is 1.85. The third-order valence-electron chi connectivity index (χ3n) is 9.14. The van der Waals surface area contributed by atoms with E-state index in [-0.39, 0.29) is 36.6 Å². The first-order chi connectivity index (χ1) is 21.8. The van der Waals surface area contributed by atoms with E-state index < -0.39 is 23.4 Å². The van der Waals surface area contributed by atoms with Crippen LogP contribution in [0, 0.1) is 5.92 Å². The van der Waals surface area contributed by atoms with Crippen molar-refractivity contribution in [3.8, 4) is 22.4 Å². The zero-order valence-electron chi connectivity index (χ0n) is 27.4. The van der Waals surface area contributed by atoms with E-state index in [1.165, 1.54) is 0 Å². The summed E-state index contributed by atoms with van der Waals surface area (Å²) in [4.78, 5) is 44.0. The average Bonchev–Trinajstić information content (AvgIpc) is 2.99. The first-order valence-electron chi connectivity index (χ1n) is 16.2. The molecule has 0 aliphatic heterocycles. The van der Waals surface area contributed by atoms with Crippen molar-refractivity contribution in [2.24, 2.45) is 5.92 Å². The summed E-state index contributed by atoms with van der Waals surface area (Å²) in [5.41, 5.74) is 3.27. The number of benzene rings is 2. The number of hydrogen-bond acceptors (Lipinski definition) is 5. The van der Waals surface area contributed by atoms with Crippen LogP contribution in [-0.2, 0) is 19.9 Å². The van der Waals surface area contributed by atoms with E-state index in [4.69, 9.17) is 9.72 Å². The lowest BCUT2D eigenvalue weighted by atomic mass is 9.73. The lowest BCUT2D eigenvalue weighted by Gasteiger charge is -2.44. The van der Waals surface area contributed by atoms with Crippen LogP contribution < -0.4 is 10.6 Å². The number of nitrogens with one attached hydrogen (secondary N) is 2. The fourth-order valence-corrected chi connectivity index (χ4v) is 6.54. The zero-order valence-corrected chi connectivity index (χ0v) is 27.4. The number of alkyl halides is 1. The van der Waals surface area contributed by atoms with Crippen LogP contribution >= 0.6 is 0 Å². The topological polar surface area (TPSA) is 101 Å². The lowest BCUT2D eigenvalue weighted by Crippen LogP contribution is -2.50. The van der Waals surface area contributed by atoms with Crippen LogP contribution in [0.3, 0.4) is 0 Å². The van der Waals surface area contributed by atoms with Crippen LogP contribution in [0.1, 0.15) is 78.2 Å². The molecule has 2 N–H and O–H groups in total. The molecule has 244 valence electrons. The second kappa shape index (κ2) is 13.6. The summed E-state index contributed by atoms with van der Waals surface area (Å²) in [6.07, 6.45) is 4.38. The van der Waals surface area contributed by atoms with E-state index in [2.05, 4.69) is 10.6 Å². The number of halogens is 1. The smallest absolute Gasteiger partial charge is 0.408 e. The molecule has 0 radical (unpaired) electrons. The monoisotopic (exact) mass is 628 g/mol. The standard InChI is InChI=1S/C37H45FN4O4/c1-24(43)42(5)31-17-11-25(12-18-31)19-33(44)40-30-20-32(26-9-7-6-8-10-26)34(39-23-30)27-13-15-28(16-14-27)37(21-29(38)22-37)46-35(45)41-36(2,3)4/h6-10,13-16,20,23,25,29,31H,11-12,17-19,21-22H2,1-5H3,(H,40,44)(H,41,45). The number of hydrogen-bond donors (Lipinski definition) is 2. The van der Waals surface area contributed by atoms with Gasteiger partial charge in [-0.05, 0) is 69.6 Å². The van der Waals surface area contributed by atoms with Gasteiger partial charge in [0.05, 0.1) is 17.6 Å². The van der Waals surface area contributed by atoms with Gasteiger partial charge in [0, 0.05) is 55.9 Å². The number of nitrogens with zero attached hydrogens (tertiary/aromatic N) is 2. The van der Waals surface area contributed by atoms with E-state index in [1.54, 1.807) is 13.1 Å². The first-order valence-corrected chi connectivity index (χ1v) is 16.2. The number of alkyl carbamates (subject to hydrolysis) is 1. The maximum atomic E-state index is 14.1. The second-order valence-corrected chi connectivity index (χ2v) is 13.9. The minimum atomic E-state index is -1.03. The number of carbonyl (C=O) groups excluding carboxylic acids is 3. The Morgan fingerprint density at radius 1 is 0.978 bits per heavy atom. The Hall–Kier alpha value is -4.27. The summed E-state index contributed by atoms with van der Waals surface area (Å²) in [6.45, 7) is 7.19. The molecule has 46 heavy (non-hydrogen) atoms. The first kappa shape index (κ1) is 33.1. The number of anilines is 1. The van der Waals surface area contributed by atoms with Crippen molar-refractivity contribution in [3.63, 3.8) is 0 Å². The predicted octanol–water partition coefficient (Wildman–Crippen LogP) is 7.63. The van der Waals surface area contributed by atoms with Gasteiger partial charge in [0.15, 0.2) is 0 Å². The number of carbonyl (C=O) groups is 3. The van der Waals surface area contributed by atoms with Crippen molar-refractivity contribution in [2.45, 2.75) is 96.0 Å². The van der Waals surface area contributed by atoms with Gasteiger partial charge < -0.3 is 20.3 Å². The Morgan fingerprint density at radius 2 is 1.63 bits per heavy atom.